The lowest BCUT2D eigenvalue weighted by atomic mass is 9.80. The second kappa shape index (κ2) is 10.8. The summed E-state index contributed by atoms with van der Waals surface area (Å²) in [5, 5.41) is 12.5. The van der Waals surface area contributed by atoms with Gasteiger partial charge in [0.05, 0.1) is 22.1 Å². The lowest BCUT2D eigenvalue weighted by Gasteiger charge is -2.28. The van der Waals surface area contributed by atoms with Gasteiger partial charge in [-0.1, -0.05) is 97.8 Å². The zero-order valence-electron chi connectivity index (χ0n) is 31.8. The normalized spacial score (nSPS) is 16.3. The highest BCUT2D eigenvalue weighted by Crippen LogP contribution is 2.56. The van der Waals surface area contributed by atoms with Crippen molar-refractivity contribution >= 4 is 66.2 Å². The van der Waals surface area contributed by atoms with Gasteiger partial charge in [0.15, 0.2) is 6.54 Å². The molecule has 0 atom stereocenters. The topological polar surface area (TPSA) is 15.5 Å². The lowest BCUT2D eigenvalue weighted by Crippen LogP contribution is -2.29. The van der Waals surface area contributed by atoms with Crippen LogP contribution in [0.5, 0.6) is 11.5 Å². The number of anilines is 2. The van der Waals surface area contributed by atoms with Crippen molar-refractivity contribution in [3.05, 3.63) is 160 Å². The van der Waals surface area contributed by atoms with E-state index in [9.17, 15) is 0 Å². The van der Waals surface area contributed by atoms with Gasteiger partial charge in [0, 0.05) is 51.5 Å². The molecule has 3 aliphatic heterocycles. The smallest absolute Gasteiger partial charge is 0.221 e. The van der Waals surface area contributed by atoms with Crippen LogP contribution >= 0.6 is 0 Å². The first kappa shape index (κ1) is 31.6. The molecular weight excluding hydrogens is 657 g/mol. The number of ether oxygens (including phenoxy) is 1. The third kappa shape index (κ3) is 4.39. The Kier molecular flexibility index (Phi) is 6.33. The summed E-state index contributed by atoms with van der Waals surface area (Å²) in [6.07, 6.45) is 2.48. The van der Waals surface area contributed by atoms with E-state index in [0.29, 0.717) is 0 Å². The second-order valence-electron chi connectivity index (χ2n) is 17.3. The molecule has 3 heteroatoms. The molecule has 3 aliphatic rings. The molecule has 8 aromatic carbocycles. The molecule has 3 nitrogen and oxygen atoms in total. The molecule has 11 rings (SSSR count). The monoisotopic (exact) mass is 699 g/mol. The Bertz CT molecular complexity index is 3080. The van der Waals surface area contributed by atoms with Crippen LogP contribution in [0.25, 0.3) is 49.2 Å². The van der Waals surface area contributed by atoms with Crippen LogP contribution in [-0.4, -0.2) is 13.1 Å². The standard InChI is InChI=1S/C51H43N2O/c1-30-15-19-36(20-16-30)52-28-50(3,4)44-46(52)40-25-34-13-9-7-11-32(34)23-38(40)42-27-43-39-24-33-12-8-10-14-35(33)26-41(39)47-45(49(43)54-48(42)44)51(5,6)29-53(47)37-21-17-31(2)18-22-37/h7-27H,28-29H2,1-6H3/q+1. The molecule has 0 radical (unpaired) electrons. The van der Waals surface area contributed by atoms with Gasteiger partial charge < -0.3 is 9.64 Å². The van der Waals surface area contributed by atoms with E-state index in [-0.39, 0.29) is 10.8 Å². The number of benzene rings is 8. The first-order valence-corrected chi connectivity index (χ1v) is 19.3. The van der Waals surface area contributed by atoms with Gasteiger partial charge >= 0.3 is 0 Å². The van der Waals surface area contributed by atoms with Crippen LogP contribution in [0.3, 0.4) is 0 Å². The number of nitrogens with zero attached hydrogens (tertiary/aromatic N) is 2. The molecular formula is C51H43N2O+. The number of hydrogen-bond donors (Lipinski definition) is 0. The highest BCUT2D eigenvalue weighted by molar-refractivity contribution is 6.12. The quantitative estimate of drug-likeness (QED) is 0.132. The molecule has 0 amide bonds. The average Bonchev–Trinajstić information content (AvgIpc) is 3.62. The Morgan fingerprint density at radius 1 is 0.574 bits per heavy atom. The average molecular weight is 700 g/mol. The number of rotatable bonds is 2. The third-order valence-electron chi connectivity index (χ3n) is 12.5. The van der Waals surface area contributed by atoms with Crippen LogP contribution in [0, 0.1) is 13.8 Å². The van der Waals surface area contributed by atoms with Gasteiger partial charge in [0.2, 0.25) is 11.0 Å². The van der Waals surface area contributed by atoms with E-state index in [1.54, 1.807) is 0 Å². The largest absolute Gasteiger partial charge is 0.455 e. The first-order chi connectivity index (χ1) is 26.1. The van der Waals surface area contributed by atoms with Crippen molar-refractivity contribution < 1.29 is 4.74 Å². The molecule has 0 aromatic heterocycles. The second-order valence-corrected chi connectivity index (χ2v) is 17.3. The number of hydrogen-bond acceptors (Lipinski definition) is 2. The van der Waals surface area contributed by atoms with Crippen LogP contribution in [0.2, 0.25) is 0 Å². The summed E-state index contributed by atoms with van der Waals surface area (Å²) in [5.41, 5.74) is 9.66. The summed E-state index contributed by atoms with van der Waals surface area (Å²) in [6.45, 7) is 15.6. The van der Waals surface area contributed by atoms with E-state index in [4.69, 9.17) is 4.74 Å². The lowest BCUT2D eigenvalue weighted by molar-refractivity contribution is 0.428. The molecule has 0 saturated heterocycles. The van der Waals surface area contributed by atoms with Crippen LogP contribution in [-0.2, 0) is 10.8 Å². The molecule has 8 aromatic rings. The van der Waals surface area contributed by atoms with Gasteiger partial charge in [-0.15, -0.1) is 0 Å². The number of aryl methyl sites for hydroxylation is 2. The maximum absolute atomic E-state index is 7.70. The minimum absolute atomic E-state index is 0.171. The van der Waals surface area contributed by atoms with Crippen LogP contribution in [0.15, 0.2) is 121 Å². The van der Waals surface area contributed by atoms with Crippen molar-refractivity contribution in [3.63, 3.8) is 0 Å². The minimum atomic E-state index is -0.171. The van der Waals surface area contributed by atoms with Gasteiger partial charge in [-0.3, -0.25) is 0 Å². The van der Waals surface area contributed by atoms with Crippen LogP contribution < -0.4 is 24.8 Å². The Labute approximate surface area is 316 Å². The number of fused-ring (bicyclic) bond motifs is 14. The first-order valence-electron chi connectivity index (χ1n) is 19.3. The molecule has 0 N–H and O–H groups in total. The van der Waals surface area contributed by atoms with Crippen molar-refractivity contribution in [2.75, 3.05) is 18.0 Å². The van der Waals surface area contributed by atoms with E-state index < -0.39 is 0 Å². The minimum Gasteiger partial charge on any atom is -0.455 e. The van der Waals surface area contributed by atoms with E-state index in [0.717, 1.165) is 24.6 Å². The van der Waals surface area contributed by atoms with Gasteiger partial charge in [-0.2, -0.15) is 4.58 Å². The fourth-order valence-electron chi connectivity index (χ4n) is 9.87. The van der Waals surface area contributed by atoms with Gasteiger partial charge in [-0.05, 0) is 102 Å². The van der Waals surface area contributed by atoms with Crippen molar-refractivity contribution in [3.8, 4) is 11.5 Å². The van der Waals surface area contributed by atoms with Gasteiger partial charge in [0.1, 0.15) is 11.5 Å². The zero-order chi connectivity index (χ0) is 36.7. The summed E-state index contributed by atoms with van der Waals surface area (Å²) >= 11 is 0. The Morgan fingerprint density at radius 2 is 1.13 bits per heavy atom. The third-order valence-corrected chi connectivity index (χ3v) is 12.5. The predicted molar refractivity (Wildman–Crippen MR) is 227 cm³/mol. The van der Waals surface area contributed by atoms with E-state index in [1.807, 2.05) is 0 Å². The molecule has 262 valence electrons. The van der Waals surface area contributed by atoms with Crippen molar-refractivity contribution in [2.24, 2.45) is 0 Å². The Hall–Kier alpha value is -5.93. The highest BCUT2D eigenvalue weighted by Gasteiger charge is 2.46. The highest BCUT2D eigenvalue weighted by atomic mass is 16.5. The van der Waals surface area contributed by atoms with Gasteiger partial charge in [-0.25, -0.2) is 0 Å². The summed E-state index contributed by atoms with van der Waals surface area (Å²) in [7, 11) is 0. The van der Waals surface area contributed by atoms with E-state index in [1.165, 1.54) is 98.5 Å². The molecule has 0 fully saturated rings. The molecule has 54 heavy (non-hydrogen) atoms. The van der Waals surface area contributed by atoms with Gasteiger partial charge in [0.25, 0.3) is 0 Å². The maximum atomic E-state index is 7.70. The zero-order valence-corrected chi connectivity index (χ0v) is 31.8. The predicted octanol–water partition coefficient (Wildman–Crippen LogP) is 11.4. The SMILES string of the molecule is Cc1ccc(N2CC(C)(C)c3c4c(c5cc6ccccc6cc5c32)C=c2c(c3c(c5cc6ccccc6cc25)=[N+](c2ccc(C)cc2)CC3(C)C)O4)cc1. The summed E-state index contributed by atoms with van der Waals surface area (Å²) in [6, 6.07) is 45.3. The molecule has 0 unspecified atom stereocenters. The molecule has 0 bridgehead atoms. The molecule has 3 heterocycles. The molecule has 0 aliphatic carbocycles. The summed E-state index contributed by atoms with van der Waals surface area (Å²) in [5.74, 6) is 2.01. The molecule has 0 spiro atoms. The fourth-order valence-corrected chi connectivity index (χ4v) is 9.87. The van der Waals surface area contributed by atoms with Crippen LogP contribution in [0.1, 0.15) is 55.5 Å². The van der Waals surface area contributed by atoms with Crippen molar-refractivity contribution in [1.82, 2.24) is 4.58 Å². The molecule has 0 saturated carbocycles. The van der Waals surface area contributed by atoms with E-state index >= 15 is 0 Å². The maximum Gasteiger partial charge on any atom is 0.221 e. The van der Waals surface area contributed by atoms with E-state index in [2.05, 4.69) is 178 Å². The Morgan fingerprint density at radius 3 is 1.76 bits per heavy atom. The fraction of sp³-hybridized carbons (Fsp3) is 0.196. The Balaban J connectivity index is 1.32. The van der Waals surface area contributed by atoms with Crippen molar-refractivity contribution in [1.29, 1.82) is 0 Å². The summed E-state index contributed by atoms with van der Waals surface area (Å²) in [4.78, 5) is 2.55. The summed E-state index contributed by atoms with van der Waals surface area (Å²) < 4.78 is 10.2. The van der Waals surface area contributed by atoms with Crippen molar-refractivity contribution in [2.45, 2.75) is 52.4 Å². The van der Waals surface area contributed by atoms with Crippen LogP contribution in [0.4, 0.5) is 17.1 Å².